The topological polar surface area (TPSA) is 59.1 Å². The van der Waals surface area contributed by atoms with E-state index in [0.717, 1.165) is 0 Å². The highest BCUT2D eigenvalue weighted by Gasteiger charge is 2.17. The number of pyridine rings is 1. The van der Waals surface area contributed by atoms with Crippen LogP contribution in [-0.2, 0) is 10.0 Å². The van der Waals surface area contributed by atoms with Crippen molar-refractivity contribution in [3.63, 3.8) is 0 Å². The predicted octanol–water partition coefficient (Wildman–Crippen LogP) is 3.72. The van der Waals surface area contributed by atoms with Gasteiger partial charge in [0.1, 0.15) is 4.60 Å². The molecule has 0 saturated heterocycles. The summed E-state index contributed by atoms with van der Waals surface area (Å²) in [4.78, 5) is 4.22. The van der Waals surface area contributed by atoms with Crippen molar-refractivity contribution in [3.05, 3.63) is 51.2 Å². The van der Waals surface area contributed by atoms with E-state index in [-0.39, 0.29) is 4.90 Å². The second-order valence-electron chi connectivity index (χ2n) is 3.88. The number of aromatic nitrogens is 1. The number of rotatable bonds is 3. The summed E-state index contributed by atoms with van der Waals surface area (Å²) in [6.45, 7) is 1.75. The minimum absolute atomic E-state index is 0.241. The molecule has 0 aliphatic carbocycles. The zero-order valence-electron chi connectivity index (χ0n) is 9.89. The van der Waals surface area contributed by atoms with Crippen molar-refractivity contribution in [1.82, 2.24) is 4.98 Å². The van der Waals surface area contributed by atoms with E-state index >= 15 is 0 Å². The third kappa shape index (κ3) is 3.55. The number of sulfonamides is 1. The molecule has 0 radical (unpaired) electrons. The maximum absolute atomic E-state index is 12.3. The Balaban J connectivity index is 2.37. The van der Waals surface area contributed by atoms with Crippen molar-refractivity contribution in [2.75, 3.05) is 4.72 Å². The Morgan fingerprint density at radius 3 is 2.53 bits per heavy atom. The van der Waals surface area contributed by atoms with Crippen LogP contribution in [0.1, 0.15) is 5.56 Å². The highest BCUT2D eigenvalue weighted by atomic mass is 79.9. The van der Waals surface area contributed by atoms with E-state index in [1.807, 2.05) is 0 Å². The summed E-state index contributed by atoms with van der Waals surface area (Å²) >= 11 is 6.47. The van der Waals surface area contributed by atoms with Crippen LogP contribution >= 0.6 is 31.9 Å². The molecule has 0 amide bonds. The molecule has 1 N–H and O–H groups in total. The Morgan fingerprint density at radius 2 is 1.89 bits per heavy atom. The van der Waals surface area contributed by atoms with Gasteiger partial charge in [-0.1, -0.05) is 22.0 Å². The molecular weight excluding hydrogens is 396 g/mol. The molecule has 1 aromatic heterocycles. The smallest absolute Gasteiger partial charge is 0.262 e. The zero-order chi connectivity index (χ0) is 14.0. The normalized spacial score (nSPS) is 11.3. The molecule has 0 aliphatic heterocycles. The molecule has 0 aliphatic rings. The average molecular weight is 406 g/mol. The van der Waals surface area contributed by atoms with Gasteiger partial charge in [0.2, 0.25) is 0 Å². The van der Waals surface area contributed by atoms with Gasteiger partial charge in [-0.2, -0.15) is 0 Å². The lowest BCUT2D eigenvalue weighted by molar-refractivity contribution is 0.600. The second-order valence-corrected chi connectivity index (χ2v) is 7.26. The standard InChI is InChI=1S/C12H10Br2N2O2S/c1-8-2-3-9(13)6-11(8)19(17,18)16-10-4-5-12(14)15-7-10/h2-7,16H,1H3. The molecule has 2 rings (SSSR count). The molecule has 0 fully saturated rings. The Labute approximate surface area is 128 Å². The third-order valence-electron chi connectivity index (χ3n) is 2.42. The van der Waals surface area contributed by atoms with Crippen LogP contribution < -0.4 is 4.72 Å². The maximum Gasteiger partial charge on any atom is 0.262 e. The minimum atomic E-state index is -3.61. The number of hydrogen-bond acceptors (Lipinski definition) is 3. The van der Waals surface area contributed by atoms with E-state index < -0.39 is 10.0 Å². The second kappa shape index (κ2) is 5.60. The molecule has 100 valence electrons. The fourth-order valence-electron chi connectivity index (χ4n) is 1.51. The van der Waals surface area contributed by atoms with Crippen LogP contribution in [0.3, 0.4) is 0 Å². The van der Waals surface area contributed by atoms with Gasteiger partial charge in [0.05, 0.1) is 16.8 Å². The van der Waals surface area contributed by atoms with E-state index in [9.17, 15) is 8.42 Å². The van der Waals surface area contributed by atoms with Crippen molar-refractivity contribution in [2.24, 2.45) is 0 Å². The average Bonchev–Trinajstić information content (AvgIpc) is 2.35. The molecule has 0 saturated carbocycles. The number of benzene rings is 1. The van der Waals surface area contributed by atoms with E-state index in [1.54, 1.807) is 37.3 Å². The first-order valence-electron chi connectivity index (χ1n) is 5.29. The number of aryl methyl sites for hydroxylation is 1. The lowest BCUT2D eigenvalue weighted by Crippen LogP contribution is -2.14. The van der Waals surface area contributed by atoms with Crippen LogP contribution in [0.15, 0.2) is 50.5 Å². The van der Waals surface area contributed by atoms with Gasteiger partial charge in [0.25, 0.3) is 10.0 Å². The van der Waals surface area contributed by atoms with E-state index in [2.05, 4.69) is 41.6 Å². The Morgan fingerprint density at radius 1 is 1.16 bits per heavy atom. The first kappa shape index (κ1) is 14.5. The van der Waals surface area contributed by atoms with Crippen LogP contribution in [-0.4, -0.2) is 13.4 Å². The van der Waals surface area contributed by atoms with Crippen LogP contribution in [0.4, 0.5) is 5.69 Å². The minimum Gasteiger partial charge on any atom is -0.278 e. The highest BCUT2D eigenvalue weighted by Crippen LogP contribution is 2.23. The van der Waals surface area contributed by atoms with Gasteiger partial charge in [-0.3, -0.25) is 4.72 Å². The Hall–Kier alpha value is -0.920. The number of nitrogens with one attached hydrogen (secondary N) is 1. The summed E-state index contributed by atoms with van der Waals surface area (Å²) in [5.74, 6) is 0. The lowest BCUT2D eigenvalue weighted by Gasteiger charge is -2.10. The van der Waals surface area contributed by atoms with Gasteiger partial charge < -0.3 is 0 Å². The van der Waals surface area contributed by atoms with E-state index in [0.29, 0.717) is 20.3 Å². The zero-order valence-corrected chi connectivity index (χ0v) is 13.9. The molecule has 1 heterocycles. The van der Waals surface area contributed by atoms with Crippen LogP contribution in [0.2, 0.25) is 0 Å². The maximum atomic E-state index is 12.3. The molecule has 0 spiro atoms. The molecule has 0 bridgehead atoms. The third-order valence-corrected chi connectivity index (χ3v) is 4.90. The fraction of sp³-hybridized carbons (Fsp3) is 0.0833. The first-order valence-corrected chi connectivity index (χ1v) is 8.36. The quantitative estimate of drug-likeness (QED) is 0.791. The van der Waals surface area contributed by atoms with E-state index in [1.165, 1.54) is 6.20 Å². The summed E-state index contributed by atoms with van der Waals surface area (Å²) in [6.07, 6.45) is 1.45. The first-order chi connectivity index (χ1) is 8.88. The summed E-state index contributed by atoms with van der Waals surface area (Å²) in [5, 5.41) is 0. The molecule has 0 atom stereocenters. The molecule has 2 aromatic rings. The molecular formula is C12H10Br2N2O2S. The van der Waals surface area contributed by atoms with Crippen molar-refractivity contribution in [2.45, 2.75) is 11.8 Å². The molecule has 4 nitrogen and oxygen atoms in total. The Kier molecular flexibility index (Phi) is 4.27. The van der Waals surface area contributed by atoms with Crippen LogP contribution in [0.5, 0.6) is 0 Å². The summed E-state index contributed by atoms with van der Waals surface area (Å²) < 4.78 is 28.4. The summed E-state index contributed by atoms with van der Waals surface area (Å²) in [5.41, 5.74) is 1.10. The monoisotopic (exact) mass is 404 g/mol. The SMILES string of the molecule is Cc1ccc(Br)cc1S(=O)(=O)Nc1ccc(Br)nc1. The number of halogens is 2. The predicted molar refractivity (Wildman–Crippen MR) is 81.6 cm³/mol. The lowest BCUT2D eigenvalue weighted by atomic mass is 10.2. The van der Waals surface area contributed by atoms with Crippen LogP contribution in [0, 0.1) is 6.92 Å². The number of nitrogens with zero attached hydrogens (tertiary/aromatic N) is 1. The summed E-state index contributed by atoms with van der Waals surface area (Å²) in [6, 6.07) is 8.44. The van der Waals surface area contributed by atoms with Crippen molar-refractivity contribution in [1.29, 1.82) is 0 Å². The fourth-order valence-corrected chi connectivity index (χ4v) is 3.57. The van der Waals surface area contributed by atoms with Crippen molar-refractivity contribution in [3.8, 4) is 0 Å². The number of anilines is 1. The number of hydrogen-bond donors (Lipinski definition) is 1. The molecule has 19 heavy (non-hydrogen) atoms. The van der Waals surface area contributed by atoms with Gasteiger partial charge in [0, 0.05) is 4.47 Å². The molecule has 7 heteroatoms. The van der Waals surface area contributed by atoms with Gasteiger partial charge in [-0.25, -0.2) is 13.4 Å². The van der Waals surface area contributed by atoms with Gasteiger partial charge in [0.15, 0.2) is 0 Å². The van der Waals surface area contributed by atoms with E-state index in [4.69, 9.17) is 0 Å². The molecule has 0 unspecified atom stereocenters. The Bertz CT molecular complexity index is 700. The van der Waals surface area contributed by atoms with Crippen molar-refractivity contribution < 1.29 is 8.42 Å². The van der Waals surface area contributed by atoms with Gasteiger partial charge in [-0.15, -0.1) is 0 Å². The van der Waals surface area contributed by atoms with Gasteiger partial charge in [-0.05, 0) is 52.7 Å². The van der Waals surface area contributed by atoms with Crippen LogP contribution in [0.25, 0.3) is 0 Å². The van der Waals surface area contributed by atoms with Gasteiger partial charge >= 0.3 is 0 Å². The molecule has 1 aromatic carbocycles. The van der Waals surface area contributed by atoms with Crippen molar-refractivity contribution >= 4 is 47.6 Å². The summed E-state index contributed by atoms with van der Waals surface area (Å²) in [7, 11) is -3.61. The largest absolute Gasteiger partial charge is 0.278 e. The highest BCUT2D eigenvalue weighted by molar-refractivity contribution is 9.10.